The van der Waals surface area contributed by atoms with Crippen LogP contribution in [0.3, 0.4) is 0 Å². The molecule has 2 amide bonds. The second kappa shape index (κ2) is 4.44. The highest BCUT2D eigenvalue weighted by atomic mass is 16.2. The lowest BCUT2D eigenvalue weighted by atomic mass is 10.1. The number of carbonyl (C=O) groups is 2. The van der Waals surface area contributed by atoms with Crippen LogP contribution in [-0.4, -0.2) is 27.6 Å². The number of nitrogens with one attached hydrogen (secondary N) is 2. The van der Waals surface area contributed by atoms with Crippen molar-refractivity contribution >= 4 is 11.8 Å². The minimum Gasteiger partial charge on any atom is -0.300 e. The van der Waals surface area contributed by atoms with Gasteiger partial charge in [-0.25, -0.2) is 0 Å². The van der Waals surface area contributed by atoms with Gasteiger partial charge in [-0.15, -0.1) is 0 Å². The zero-order valence-electron chi connectivity index (χ0n) is 9.06. The summed E-state index contributed by atoms with van der Waals surface area (Å²) < 4.78 is 1.75. The maximum atomic E-state index is 11.4. The third kappa shape index (κ3) is 2.27. The molecule has 1 fully saturated rings. The van der Waals surface area contributed by atoms with Crippen LogP contribution in [0, 0.1) is 0 Å². The summed E-state index contributed by atoms with van der Waals surface area (Å²) in [6, 6.07) is 1.60. The summed E-state index contributed by atoms with van der Waals surface area (Å²) in [6.45, 7) is 0.572. The molecule has 0 saturated carbocycles. The van der Waals surface area contributed by atoms with Gasteiger partial charge < -0.3 is 5.32 Å². The molecule has 2 heterocycles. The molecule has 1 atom stereocenters. The fraction of sp³-hybridized carbons (Fsp3) is 0.500. The molecule has 6 heteroatoms. The van der Waals surface area contributed by atoms with Crippen LogP contribution in [-0.2, 0) is 23.2 Å². The number of hydrogen-bond donors (Lipinski definition) is 2. The number of aryl methyl sites for hydroxylation is 1. The van der Waals surface area contributed by atoms with Crippen molar-refractivity contribution in [2.24, 2.45) is 7.05 Å². The van der Waals surface area contributed by atoms with Crippen LogP contribution in [0.4, 0.5) is 0 Å². The fourth-order valence-electron chi connectivity index (χ4n) is 1.69. The maximum Gasteiger partial charge on any atom is 0.243 e. The predicted octanol–water partition coefficient (Wildman–Crippen LogP) is -0.685. The van der Waals surface area contributed by atoms with Gasteiger partial charge in [-0.05, 0) is 12.5 Å². The van der Waals surface area contributed by atoms with Gasteiger partial charge in [-0.1, -0.05) is 0 Å². The van der Waals surface area contributed by atoms with Gasteiger partial charge in [0.25, 0.3) is 0 Å². The first-order chi connectivity index (χ1) is 7.66. The Balaban J connectivity index is 1.89. The Kier molecular flexibility index (Phi) is 3.00. The minimum atomic E-state index is -0.285. The quantitative estimate of drug-likeness (QED) is 0.664. The van der Waals surface area contributed by atoms with E-state index in [1.165, 1.54) is 0 Å². The Morgan fingerprint density at radius 3 is 3.06 bits per heavy atom. The highest BCUT2D eigenvalue weighted by Crippen LogP contribution is 2.05. The van der Waals surface area contributed by atoms with E-state index >= 15 is 0 Å². The Morgan fingerprint density at radius 2 is 2.44 bits per heavy atom. The summed E-state index contributed by atoms with van der Waals surface area (Å²) >= 11 is 0. The molecule has 2 N–H and O–H groups in total. The Labute approximate surface area is 93.0 Å². The monoisotopic (exact) mass is 222 g/mol. The molecule has 1 aliphatic rings. The second-order valence-corrected chi connectivity index (χ2v) is 3.83. The number of nitrogens with zero attached hydrogens (tertiary/aromatic N) is 2. The van der Waals surface area contributed by atoms with E-state index in [0.717, 1.165) is 5.69 Å². The van der Waals surface area contributed by atoms with Crippen LogP contribution >= 0.6 is 0 Å². The van der Waals surface area contributed by atoms with Gasteiger partial charge >= 0.3 is 0 Å². The van der Waals surface area contributed by atoms with Crippen LogP contribution in [0.15, 0.2) is 12.3 Å². The van der Waals surface area contributed by atoms with Crippen molar-refractivity contribution in [1.82, 2.24) is 20.4 Å². The number of imide groups is 1. The summed E-state index contributed by atoms with van der Waals surface area (Å²) in [4.78, 5) is 22.4. The SMILES string of the molecule is Cn1nccc1CN[C@@H]1CCC(=O)NC1=O. The Morgan fingerprint density at radius 1 is 1.62 bits per heavy atom. The highest BCUT2D eigenvalue weighted by Gasteiger charge is 2.25. The normalized spacial score (nSPS) is 20.9. The summed E-state index contributed by atoms with van der Waals surface area (Å²) in [5.41, 5.74) is 1.00. The van der Waals surface area contributed by atoms with Gasteiger partial charge in [0.2, 0.25) is 11.8 Å². The predicted molar refractivity (Wildman–Crippen MR) is 56.2 cm³/mol. The van der Waals surface area contributed by atoms with Crippen LogP contribution in [0.2, 0.25) is 0 Å². The van der Waals surface area contributed by atoms with Crippen LogP contribution in [0.25, 0.3) is 0 Å². The van der Waals surface area contributed by atoms with E-state index in [4.69, 9.17) is 0 Å². The van der Waals surface area contributed by atoms with Gasteiger partial charge in [0.05, 0.1) is 11.7 Å². The Hall–Kier alpha value is -1.69. The van der Waals surface area contributed by atoms with E-state index in [-0.39, 0.29) is 17.9 Å². The van der Waals surface area contributed by atoms with Crippen LogP contribution in [0.5, 0.6) is 0 Å². The van der Waals surface area contributed by atoms with Gasteiger partial charge in [0, 0.05) is 26.2 Å². The average molecular weight is 222 g/mol. The first kappa shape index (κ1) is 10.8. The molecular weight excluding hydrogens is 208 g/mol. The van der Waals surface area contributed by atoms with Crippen molar-refractivity contribution < 1.29 is 9.59 Å². The molecule has 0 radical (unpaired) electrons. The van der Waals surface area contributed by atoms with E-state index in [1.54, 1.807) is 10.9 Å². The van der Waals surface area contributed by atoms with Gasteiger partial charge in [-0.2, -0.15) is 5.10 Å². The van der Waals surface area contributed by atoms with E-state index in [2.05, 4.69) is 15.7 Å². The molecule has 1 saturated heterocycles. The standard InChI is InChI=1S/C10H14N4O2/c1-14-7(4-5-12-14)6-11-8-2-3-9(15)13-10(8)16/h4-5,8,11H,2-3,6H2,1H3,(H,13,15,16)/t8-/m1/s1. The zero-order valence-corrected chi connectivity index (χ0v) is 9.06. The lowest BCUT2D eigenvalue weighted by Gasteiger charge is -2.21. The van der Waals surface area contributed by atoms with Gasteiger partial charge in [0.15, 0.2) is 0 Å². The van der Waals surface area contributed by atoms with Gasteiger partial charge in [0.1, 0.15) is 0 Å². The number of amides is 2. The molecule has 2 rings (SSSR count). The molecule has 0 spiro atoms. The smallest absolute Gasteiger partial charge is 0.243 e. The minimum absolute atomic E-state index is 0.191. The third-order valence-corrected chi connectivity index (χ3v) is 2.69. The lowest BCUT2D eigenvalue weighted by Crippen LogP contribution is -2.50. The fourth-order valence-corrected chi connectivity index (χ4v) is 1.69. The van der Waals surface area contributed by atoms with Crippen molar-refractivity contribution in [2.75, 3.05) is 0 Å². The van der Waals surface area contributed by atoms with E-state index in [9.17, 15) is 9.59 Å². The third-order valence-electron chi connectivity index (χ3n) is 2.69. The van der Waals surface area contributed by atoms with E-state index in [1.807, 2.05) is 13.1 Å². The number of piperidine rings is 1. The van der Waals surface area contributed by atoms with Gasteiger partial charge in [-0.3, -0.25) is 19.6 Å². The molecule has 86 valence electrons. The molecule has 1 aromatic heterocycles. The number of rotatable bonds is 3. The zero-order chi connectivity index (χ0) is 11.5. The molecule has 0 aliphatic carbocycles. The largest absolute Gasteiger partial charge is 0.300 e. The average Bonchev–Trinajstić information content (AvgIpc) is 2.63. The van der Waals surface area contributed by atoms with Crippen LogP contribution < -0.4 is 10.6 Å². The Bertz CT molecular complexity index is 413. The second-order valence-electron chi connectivity index (χ2n) is 3.83. The summed E-state index contributed by atoms with van der Waals surface area (Å²) in [5.74, 6) is -0.429. The maximum absolute atomic E-state index is 11.4. The molecule has 16 heavy (non-hydrogen) atoms. The first-order valence-electron chi connectivity index (χ1n) is 5.21. The highest BCUT2D eigenvalue weighted by molar-refractivity contribution is 6.00. The molecule has 1 aliphatic heterocycles. The summed E-state index contributed by atoms with van der Waals surface area (Å²) in [7, 11) is 1.85. The van der Waals surface area contributed by atoms with Crippen molar-refractivity contribution in [3.05, 3.63) is 18.0 Å². The van der Waals surface area contributed by atoms with Crippen molar-refractivity contribution in [1.29, 1.82) is 0 Å². The topological polar surface area (TPSA) is 76.0 Å². The lowest BCUT2D eigenvalue weighted by molar-refractivity contribution is -0.134. The van der Waals surface area contributed by atoms with Crippen molar-refractivity contribution in [2.45, 2.75) is 25.4 Å². The summed E-state index contributed by atoms with van der Waals surface area (Å²) in [5, 5.41) is 9.45. The first-order valence-corrected chi connectivity index (χ1v) is 5.21. The number of aromatic nitrogens is 2. The number of hydrogen-bond acceptors (Lipinski definition) is 4. The molecule has 0 bridgehead atoms. The van der Waals surface area contributed by atoms with Crippen molar-refractivity contribution in [3.63, 3.8) is 0 Å². The molecule has 6 nitrogen and oxygen atoms in total. The van der Waals surface area contributed by atoms with E-state index in [0.29, 0.717) is 19.4 Å². The molecular formula is C10H14N4O2. The number of carbonyl (C=O) groups excluding carboxylic acids is 2. The summed E-state index contributed by atoms with van der Waals surface area (Å²) in [6.07, 6.45) is 2.67. The molecule has 1 aromatic rings. The molecule has 0 unspecified atom stereocenters. The van der Waals surface area contributed by atoms with E-state index < -0.39 is 0 Å². The van der Waals surface area contributed by atoms with Crippen LogP contribution in [0.1, 0.15) is 18.5 Å². The molecule has 0 aromatic carbocycles. The van der Waals surface area contributed by atoms with Crippen molar-refractivity contribution in [3.8, 4) is 0 Å².